The van der Waals surface area contributed by atoms with E-state index < -0.39 is 0 Å². The van der Waals surface area contributed by atoms with E-state index >= 15 is 0 Å². The molecule has 2 aliphatic rings. The normalized spacial score (nSPS) is 28.2. The summed E-state index contributed by atoms with van der Waals surface area (Å²) < 4.78 is 18.5. The molecule has 1 unspecified atom stereocenters. The van der Waals surface area contributed by atoms with Gasteiger partial charge in [-0.05, 0) is 75.7 Å². The van der Waals surface area contributed by atoms with Gasteiger partial charge in [0, 0.05) is 6.42 Å². The molecule has 132 valence electrons. The van der Waals surface area contributed by atoms with Crippen molar-refractivity contribution in [1.29, 1.82) is 0 Å². The van der Waals surface area contributed by atoms with Gasteiger partial charge in [-0.3, -0.25) is 0 Å². The number of allylic oxidation sites excluding steroid dienone is 1. The van der Waals surface area contributed by atoms with Gasteiger partial charge >= 0.3 is 0 Å². The van der Waals surface area contributed by atoms with E-state index in [9.17, 15) is 0 Å². The topological polar surface area (TPSA) is 27.7 Å². The van der Waals surface area contributed by atoms with E-state index in [4.69, 9.17) is 14.2 Å². The van der Waals surface area contributed by atoms with Crippen LogP contribution in [0.1, 0.15) is 52.4 Å². The highest BCUT2D eigenvalue weighted by atomic mass is 127. The van der Waals surface area contributed by atoms with Crippen molar-refractivity contribution in [3.63, 3.8) is 0 Å². The van der Waals surface area contributed by atoms with Crippen molar-refractivity contribution in [3.05, 3.63) is 22.3 Å². The van der Waals surface area contributed by atoms with Crippen LogP contribution in [0.3, 0.4) is 0 Å². The molecule has 0 radical (unpaired) electrons. The van der Waals surface area contributed by atoms with Crippen LogP contribution >= 0.6 is 22.6 Å². The van der Waals surface area contributed by atoms with Gasteiger partial charge in [0.2, 0.25) is 0 Å². The minimum Gasteiger partial charge on any atom is -0.370 e. The van der Waals surface area contributed by atoms with Gasteiger partial charge in [-0.1, -0.05) is 27.0 Å². The number of ether oxygens (including phenoxy) is 3. The fourth-order valence-electron chi connectivity index (χ4n) is 3.42. The van der Waals surface area contributed by atoms with E-state index in [1.807, 2.05) is 0 Å². The summed E-state index contributed by atoms with van der Waals surface area (Å²) in [5.41, 5.74) is 1.27. The lowest BCUT2D eigenvalue weighted by atomic mass is 9.91. The first-order chi connectivity index (χ1) is 11.0. The molecule has 0 aromatic rings. The molecule has 0 aromatic carbocycles. The Morgan fingerprint density at radius 1 is 1.22 bits per heavy atom. The summed E-state index contributed by atoms with van der Waals surface area (Å²) in [7, 11) is 0. The zero-order valence-corrected chi connectivity index (χ0v) is 16.7. The SMILES string of the molecule is C=C(I)C(C)C[C@@H](C)CC[C@@H]1O[C@@H](CCC2OCCO2)CC1=C. The van der Waals surface area contributed by atoms with Crippen molar-refractivity contribution in [1.82, 2.24) is 0 Å². The van der Waals surface area contributed by atoms with E-state index in [1.54, 1.807) is 0 Å². The lowest BCUT2D eigenvalue weighted by Gasteiger charge is -2.19. The molecule has 4 heteroatoms. The predicted molar refractivity (Wildman–Crippen MR) is 103 cm³/mol. The summed E-state index contributed by atoms with van der Waals surface area (Å²) in [6, 6.07) is 0. The maximum absolute atomic E-state index is 6.21. The van der Waals surface area contributed by atoms with Crippen LogP contribution in [0.4, 0.5) is 0 Å². The van der Waals surface area contributed by atoms with Crippen LogP contribution in [0.2, 0.25) is 0 Å². The molecule has 4 atom stereocenters. The molecular formula is C19H31IO3. The summed E-state index contributed by atoms with van der Waals surface area (Å²) in [6.07, 6.45) is 6.93. The highest BCUT2D eigenvalue weighted by Crippen LogP contribution is 2.33. The maximum atomic E-state index is 6.21. The summed E-state index contributed by atoms with van der Waals surface area (Å²) in [4.78, 5) is 0. The number of rotatable bonds is 9. The quantitative estimate of drug-likeness (QED) is 0.367. The molecule has 2 saturated heterocycles. The molecule has 0 bridgehead atoms. The Bertz CT molecular complexity index is 403. The molecule has 0 spiro atoms. The summed E-state index contributed by atoms with van der Waals surface area (Å²) in [5.74, 6) is 1.30. The van der Waals surface area contributed by atoms with Gasteiger partial charge < -0.3 is 14.2 Å². The zero-order chi connectivity index (χ0) is 16.8. The average molecular weight is 434 g/mol. The van der Waals surface area contributed by atoms with Crippen LogP contribution in [-0.4, -0.2) is 31.7 Å². The van der Waals surface area contributed by atoms with Crippen LogP contribution in [0.5, 0.6) is 0 Å². The standard InChI is InChI=1S/C19H31IO3/c1-13(11-14(2)16(4)20)5-7-18-15(3)12-17(23-18)6-8-19-21-9-10-22-19/h13-14,17-19H,3-12H2,1-2H3/t13-,14?,17-,18-/m0/s1. The molecule has 2 heterocycles. The Morgan fingerprint density at radius 3 is 2.57 bits per heavy atom. The summed E-state index contributed by atoms with van der Waals surface area (Å²) in [5, 5.41) is 0. The van der Waals surface area contributed by atoms with Gasteiger partial charge in [0.15, 0.2) is 6.29 Å². The third-order valence-electron chi connectivity index (χ3n) is 4.93. The van der Waals surface area contributed by atoms with Crippen molar-refractivity contribution in [3.8, 4) is 0 Å². The second kappa shape index (κ2) is 9.54. The van der Waals surface area contributed by atoms with Crippen LogP contribution in [0, 0.1) is 11.8 Å². The van der Waals surface area contributed by atoms with Gasteiger partial charge in [-0.25, -0.2) is 0 Å². The smallest absolute Gasteiger partial charge is 0.157 e. The van der Waals surface area contributed by atoms with Crippen molar-refractivity contribution in [2.75, 3.05) is 13.2 Å². The first-order valence-corrected chi connectivity index (χ1v) is 9.94. The minimum atomic E-state index is -0.0196. The van der Waals surface area contributed by atoms with Crippen LogP contribution < -0.4 is 0 Å². The molecule has 0 saturated carbocycles. The Labute approximate surface area is 155 Å². The number of hydrogen-bond donors (Lipinski definition) is 0. The van der Waals surface area contributed by atoms with Gasteiger partial charge in [-0.2, -0.15) is 0 Å². The Kier molecular flexibility index (Phi) is 8.05. The second-order valence-electron chi connectivity index (χ2n) is 7.12. The monoisotopic (exact) mass is 434 g/mol. The number of halogens is 1. The largest absolute Gasteiger partial charge is 0.370 e. The first-order valence-electron chi connectivity index (χ1n) is 8.86. The van der Waals surface area contributed by atoms with E-state index in [2.05, 4.69) is 49.6 Å². The van der Waals surface area contributed by atoms with Crippen LogP contribution in [0.25, 0.3) is 0 Å². The molecule has 2 aliphatic heterocycles. The van der Waals surface area contributed by atoms with Gasteiger partial charge in [0.05, 0.1) is 25.4 Å². The highest BCUT2D eigenvalue weighted by Gasteiger charge is 2.30. The second-order valence-corrected chi connectivity index (χ2v) is 8.51. The predicted octanol–water partition coefficient (Wildman–Crippen LogP) is 5.24. The molecule has 0 N–H and O–H groups in total. The fourth-order valence-corrected chi connectivity index (χ4v) is 3.68. The summed E-state index contributed by atoms with van der Waals surface area (Å²) >= 11 is 2.35. The fraction of sp³-hybridized carbons (Fsp3) is 0.789. The first kappa shape index (κ1) is 19.4. The Balaban J connectivity index is 1.65. The van der Waals surface area contributed by atoms with E-state index in [-0.39, 0.29) is 12.4 Å². The minimum absolute atomic E-state index is 0.0196. The van der Waals surface area contributed by atoms with E-state index in [0.717, 1.165) is 38.9 Å². The maximum Gasteiger partial charge on any atom is 0.157 e. The number of hydrogen-bond acceptors (Lipinski definition) is 3. The van der Waals surface area contributed by atoms with Crippen LogP contribution in [0.15, 0.2) is 22.3 Å². The van der Waals surface area contributed by atoms with Gasteiger partial charge in [0.25, 0.3) is 0 Å². The molecular weight excluding hydrogens is 403 g/mol. The van der Waals surface area contributed by atoms with Gasteiger partial charge in [-0.15, -0.1) is 0 Å². The molecule has 2 fully saturated rings. The van der Waals surface area contributed by atoms with Crippen molar-refractivity contribution in [2.45, 2.75) is 70.9 Å². The van der Waals surface area contributed by atoms with E-state index in [1.165, 1.54) is 22.0 Å². The molecule has 0 aromatic heterocycles. The zero-order valence-electron chi connectivity index (χ0n) is 14.6. The summed E-state index contributed by atoms with van der Waals surface area (Å²) in [6.45, 7) is 14.3. The van der Waals surface area contributed by atoms with Crippen LogP contribution in [-0.2, 0) is 14.2 Å². The average Bonchev–Trinajstić information content (AvgIpc) is 3.12. The Hall–Kier alpha value is 0.0900. The molecule has 2 rings (SSSR count). The lowest BCUT2D eigenvalue weighted by Crippen LogP contribution is -2.16. The third-order valence-corrected chi connectivity index (χ3v) is 5.99. The lowest BCUT2D eigenvalue weighted by molar-refractivity contribution is -0.0587. The van der Waals surface area contributed by atoms with Crippen molar-refractivity contribution in [2.24, 2.45) is 11.8 Å². The van der Waals surface area contributed by atoms with Gasteiger partial charge in [0.1, 0.15) is 0 Å². The van der Waals surface area contributed by atoms with E-state index in [0.29, 0.717) is 17.9 Å². The molecule has 0 aliphatic carbocycles. The Morgan fingerprint density at radius 2 is 1.91 bits per heavy atom. The highest BCUT2D eigenvalue weighted by molar-refractivity contribution is 14.1. The van der Waals surface area contributed by atoms with Crippen molar-refractivity contribution < 1.29 is 14.2 Å². The molecule has 23 heavy (non-hydrogen) atoms. The van der Waals surface area contributed by atoms with Crippen molar-refractivity contribution >= 4 is 22.6 Å². The molecule has 0 amide bonds. The molecule has 3 nitrogen and oxygen atoms in total. The third kappa shape index (κ3) is 6.48.